The molecule has 5 nitrogen and oxygen atoms in total. The Morgan fingerprint density at radius 1 is 1.00 bits per heavy atom. The summed E-state index contributed by atoms with van der Waals surface area (Å²) in [6, 6.07) is 5.13. The molecule has 148 valence electrons. The molecule has 0 spiro atoms. The molecule has 5 rings (SSSR count). The van der Waals surface area contributed by atoms with Gasteiger partial charge in [0.25, 0.3) is 0 Å². The maximum absolute atomic E-state index is 12.9. The predicted octanol–water partition coefficient (Wildman–Crippen LogP) is 2.91. The molecule has 4 bridgehead atoms. The van der Waals surface area contributed by atoms with Crippen LogP contribution in [0.3, 0.4) is 0 Å². The number of benzene rings is 1. The van der Waals surface area contributed by atoms with Gasteiger partial charge < -0.3 is 5.32 Å². The van der Waals surface area contributed by atoms with Gasteiger partial charge in [-0.1, -0.05) is 6.07 Å². The van der Waals surface area contributed by atoms with Gasteiger partial charge in [-0.05, 0) is 93.4 Å². The maximum Gasteiger partial charge on any atom is 0.240 e. The van der Waals surface area contributed by atoms with Gasteiger partial charge in [-0.3, -0.25) is 4.79 Å². The molecule has 4 aliphatic rings. The van der Waals surface area contributed by atoms with Gasteiger partial charge in [0.15, 0.2) is 0 Å². The van der Waals surface area contributed by atoms with Crippen molar-refractivity contribution < 1.29 is 13.2 Å². The van der Waals surface area contributed by atoms with Gasteiger partial charge in [-0.2, -0.15) is 0 Å². The average Bonchev–Trinajstić information content (AvgIpc) is 2.59. The van der Waals surface area contributed by atoms with Crippen LogP contribution < -0.4 is 10.0 Å². The largest absolute Gasteiger partial charge is 0.354 e. The number of aryl methyl sites for hydroxylation is 2. The van der Waals surface area contributed by atoms with Crippen molar-refractivity contribution in [1.82, 2.24) is 10.0 Å². The van der Waals surface area contributed by atoms with Crippen molar-refractivity contribution in [3.8, 4) is 0 Å². The van der Waals surface area contributed by atoms with E-state index >= 15 is 0 Å². The van der Waals surface area contributed by atoms with E-state index in [2.05, 4.69) is 10.0 Å². The zero-order chi connectivity index (χ0) is 19.2. The van der Waals surface area contributed by atoms with E-state index in [0.29, 0.717) is 6.54 Å². The standard InChI is InChI=1S/C21H30N2O3S/c1-14-3-4-19(7-15(14)2)27(25,26)23-6-5-22-20(24)21-11-16-8-17(12-21)10-18(9-16)13-21/h3-4,7,16-18,23H,5-6,8-13H2,1-2H3,(H,22,24). The fraction of sp³-hybridized carbons (Fsp3) is 0.667. The van der Waals surface area contributed by atoms with E-state index in [1.807, 2.05) is 19.9 Å². The Bertz CT molecular complexity index is 812. The number of rotatable bonds is 6. The lowest BCUT2D eigenvalue weighted by molar-refractivity contribution is -0.146. The van der Waals surface area contributed by atoms with Crippen molar-refractivity contribution in [1.29, 1.82) is 0 Å². The van der Waals surface area contributed by atoms with Gasteiger partial charge >= 0.3 is 0 Å². The third kappa shape index (κ3) is 3.66. The lowest BCUT2D eigenvalue weighted by atomic mass is 9.49. The van der Waals surface area contributed by atoms with Crippen molar-refractivity contribution in [3.05, 3.63) is 29.3 Å². The first-order valence-electron chi connectivity index (χ1n) is 10.1. The Kier molecular flexibility index (Phi) is 4.83. The quantitative estimate of drug-likeness (QED) is 0.734. The Balaban J connectivity index is 1.31. The monoisotopic (exact) mass is 390 g/mol. The minimum atomic E-state index is -3.54. The zero-order valence-corrected chi connectivity index (χ0v) is 17.1. The highest BCUT2D eigenvalue weighted by atomic mass is 32.2. The number of carbonyl (C=O) groups excluding carboxylic acids is 1. The fourth-order valence-corrected chi connectivity index (χ4v) is 7.02. The number of carbonyl (C=O) groups is 1. The molecule has 0 heterocycles. The Labute approximate surface area is 162 Å². The first-order valence-corrected chi connectivity index (χ1v) is 11.6. The van der Waals surface area contributed by atoms with Gasteiger partial charge in [0.1, 0.15) is 0 Å². The summed E-state index contributed by atoms with van der Waals surface area (Å²) in [4.78, 5) is 13.2. The summed E-state index contributed by atoms with van der Waals surface area (Å²) in [6.45, 7) is 4.41. The van der Waals surface area contributed by atoms with Gasteiger partial charge in [0.05, 0.1) is 4.90 Å². The predicted molar refractivity (Wildman–Crippen MR) is 105 cm³/mol. The minimum absolute atomic E-state index is 0.145. The molecule has 0 atom stereocenters. The van der Waals surface area contributed by atoms with E-state index in [0.717, 1.165) is 48.1 Å². The van der Waals surface area contributed by atoms with Crippen LogP contribution in [0.25, 0.3) is 0 Å². The number of hydrogen-bond donors (Lipinski definition) is 2. The summed E-state index contributed by atoms with van der Waals surface area (Å²) in [5.41, 5.74) is 1.84. The first kappa shape index (κ1) is 18.9. The highest BCUT2D eigenvalue weighted by molar-refractivity contribution is 7.89. The Morgan fingerprint density at radius 2 is 1.59 bits per heavy atom. The van der Waals surface area contributed by atoms with E-state index in [1.165, 1.54) is 19.3 Å². The van der Waals surface area contributed by atoms with Crippen LogP contribution in [0, 0.1) is 37.0 Å². The second-order valence-corrected chi connectivity index (χ2v) is 10.9. The molecule has 1 aromatic rings. The van der Waals surface area contributed by atoms with E-state index in [9.17, 15) is 13.2 Å². The van der Waals surface area contributed by atoms with Crippen LogP contribution in [0.5, 0.6) is 0 Å². The van der Waals surface area contributed by atoms with E-state index < -0.39 is 10.0 Å². The lowest BCUT2D eigenvalue weighted by Crippen LogP contribution is -2.54. The second-order valence-electron chi connectivity index (χ2n) is 9.10. The highest BCUT2D eigenvalue weighted by Gasteiger charge is 2.54. The molecule has 1 aromatic carbocycles. The Hall–Kier alpha value is -1.40. The molecule has 4 fully saturated rings. The van der Waals surface area contributed by atoms with Gasteiger partial charge in [0, 0.05) is 18.5 Å². The number of sulfonamides is 1. The van der Waals surface area contributed by atoms with Crippen molar-refractivity contribution >= 4 is 15.9 Å². The van der Waals surface area contributed by atoms with Crippen LogP contribution in [0.2, 0.25) is 0 Å². The molecule has 2 N–H and O–H groups in total. The highest BCUT2D eigenvalue weighted by Crippen LogP contribution is 2.60. The van der Waals surface area contributed by atoms with E-state index in [1.54, 1.807) is 12.1 Å². The third-order valence-corrected chi connectivity index (χ3v) is 8.47. The summed E-state index contributed by atoms with van der Waals surface area (Å²) in [5, 5.41) is 3.02. The van der Waals surface area contributed by atoms with Crippen molar-refractivity contribution in [3.63, 3.8) is 0 Å². The molecule has 4 aliphatic carbocycles. The summed E-state index contributed by atoms with van der Waals surface area (Å²) >= 11 is 0. The number of nitrogens with one attached hydrogen (secondary N) is 2. The normalized spacial score (nSPS) is 31.9. The van der Waals surface area contributed by atoms with Crippen LogP contribution in [-0.2, 0) is 14.8 Å². The second kappa shape index (κ2) is 6.89. The van der Waals surface area contributed by atoms with Crippen molar-refractivity contribution in [2.45, 2.75) is 57.3 Å². The number of hydrogen-bond acceptors (Lipinski definition) is 3. The summed E-state index contributed by atoms with van der Waals surface area (Å²) in [5.74, 6) is 2.33. The minimum Gasteiger partial charge on any atom is -0.354 e. The third-order valence-electron chi connectivity index (χ3n) is 7.01. The molecule has 1 amide bonds. The fourth-order valence-electron chi connectivity index (χ4n) is 5.90. The van der Waals surface area contributed by atoms with Crippen LogP contribution in [-0.4, -0.2) is 27.4 Å². The molecule has 0 aliphatic heterocycles. The summed E-state index contributed by atoms with van der Waals surface area (Å²) in [7, 11) is -3.54. The molecular formula is C21H30N2O3S. The molecule has 27 heavy (non-hydrogen) atoms. The van der Waals surface area contributed by atoms with Crippen molar-refractivity contribution in [2.24, 2.45) is 23.2 Å². The average molecular weight is 391 g/mol. The topological polar surface area (TPSA) is 75.3 Å². The molecule has 6 heteroatoms. The molecule has 0 radical (unpaired) electrons. The van der Waals surface area contributed by atoms with Crippen LogP contribution >= 0.6 is 0 Å². The van der Waals surface area contributed by atoms with Crippen molar-refractivity contribution in [2.75, 3.05) is 13.1 Å². The zero-order valence-electron chi connectivity index (χ0n) is 16.3. The lowest BCUT2D eigenvalue weighted by Gasteiger charge is -2.55. The molecule has 0 aromatic heterocycles. The SMILES string of the molecule is Cc1ccc(S(=O)(=O)NCCNC(=O)C23CC4CC(CC(C4)C2)C3)cc1C. The van der Waals surface area contributed by atoms with E-state index in [4.69, 9.17) is 0 Å². The molecule has 4 saturated carbocycles. The smallest absolute Gasteiger partial charge is 0.240 e. The van der Waals surface area contributed by atoms with Crippen LogP contribution in [0.15, 0.2) is 23.1 Å². The number of amides is 1. The summed E-state index contributed by atoms with van der Waals surface area (Å²) < 4.78 is 27.5. The molecule has 0 unspecified atom stereocenters. The van der Waals surface area contributed by atoms with Gasteiger partial charge in [-0.25, -0.2) is 13.1 Å². The molecular weight excluding hydrogens is 360 g/mol. The maximum atomic E-state index is 12.9. The first-order chi connectivity index (χ1) is 12.8. The van der Waals surface area contributed by atoms with Gasteiger partial charge in [-0.15, -0.1) is 0 Å². The van der Waals surface area contributed by atoms with Crippen LogP contribution in [0.1, 0.15) is 49.7 Å². The Morgan fingerprint density at radius 3 is 2.15 bits per heavy atom. The van der Waals surface area contributed by atoms with E-state index in [-0.39, 0.29) is 22.8 Å². The summed E-state index contributed by atoms with van der Waals surface area (Å²) in [6.07, 6.45) is 7.00. The van der Waals surface area contributed by atoms with Crippen LogP contribution in [0.4, 0.5) is 0 Å². The van der Waals surface area contributed by atoms with Gasteiger partial charge in [0.2, 0.25) is 15.9 Å². The molecule has 0 saturated heterocycles.